The van der Waals surface area contributed by atoms with Crippen molar-refractivity contribution in [2.45, 2.75) is 6.18 Å². The number of carbonyl (C=O) groups excluding carboxylic acids is 2. The topological polar surface area (TPSA) is 55.4 Å². The van der Waals surface area contributed by atoms with Crippen LogP contribution in [0.4, 0.5) is 13.2 Å². The molecule has 0 unspecified atom stereocenters. The molecule has 0 fully saturated rings. The summed E-state index contributed by atoms with van der Waals surface area (Å²) in [5, 5.41) is 2.68. The molecule has 1 N–H and O–H groups in total. The second-order valence-corrected chi connectivity index (χ2v) is 2.58. The third-order valence-electron chi connectivity index (χ3n) is 1.47. The molecule has 0 spiro atoms. The summed E-state index contributed by atoms with van der Waals surface area (Å²) in [6, 6.07) is 0. The Hall–Kier alpha value is -1.79. The lowest BCUT2D eigenvalue weighted by molar-refractivity contribution is -0.200. The van der Waals surface area contributed by atoms with Crippen LogP contribution in [0, 0.1) is 0 Å². The monoisotopic (exact) mass is 221 g/mol. The van der Waals surface area contributed by atoms with E-state index >= 15 is 0 Å². The number of alkyl halides is 3. The molecule has 1 heterocycles. The second-order valence-electron chi connectivity index (χ2n) is 2.58. The Morgan fingerprint density at radius 2 is 2.07 bits per heavy atom. The molecule has 0 bridgehead atoms. The van der Waals surface area contributed by atoms with E-state index in [1.807, 2.05) is 0 Å². The minimum atomic E-state index is -5.16. The maximum absolute atomic E-state index is 11.7. The Bertz CT molecular complexity index is 344. The summed E-state index contributed by atoms with van der Waals surface area (Å²) >= 11 is 0. The molecule has 0 radical (unpaired) electrons. The van der Waals surface area contributed by atoms with Crippen molar-refractivity contribution in [2.75, 3.05) is 6.54 Å². The molecule has 0 aliphatic carbocycles. The lowest BCUT2D eigenvalue weighted by Crippen LogP contribution is -2.29. The maximum Gasteiger partial charge on any atom is 0.491 e. The van der Waals surface area contributed by atoms with Crippen LogP contribution in [0.15, 0.2) is 23.9 Å². The molecule has 0 aromatic rings. The Balaban J connectivity index is 2.60. The molecule has 15 heavy (non-hydrogen) atoms. The zero-order chi connectivity index (χ0) is 11.5. The highest BCUT2D eigenvalue weighted by molar-refractivity contribution is 5.99. The average Bonchev–Trinajstić information content (AvgIpc) is 2.17. The van der Waals surface area contributed by atoms with Gasteiger partial charge in [0.2, 0.25) is 0 Å². The Morgan fingerprint density at radius 1 is 1.40 bits per heavy atom. The van der Waals surface area contributed by atoms with Gasteiger partial charge in [-0.3, -0.25) is 0 Å². The maximum atomic E-state index is 11.7. The van der Waals surface area contributed by atoms with Gasteiger partial charge in [-0.05, 0) is 12.3 Å². The zero-order valence-corrected chi connectivity index (χ0v) is 7.30. The Kier molecular flexibility index (Phi) is 3.13. The van der Waals surface area contributed by atoms with Crippen molar-refractivity contribution in [3.05, 3.63) is 23.9 Å². The van der Waals surface area contributed by atoms with Gasteiger partial charge in [-0.1, -0.05) is 6.08 Å². The van der Waals surface area contributed by atoms with E-state index in [-0.39, 0.29) is 5.57 Å². The van der Waals surface area contributed by atoms with Crippen LogP contribution in [0.3, 0.4) is 0 Å². The van der Waals surface area contributed by atoms with E-state index < -0.39 is 18.1 Å². The smallest absolute Gasteiger partial charge is 0.387 e. The number of dihydropyridines is 1. The van der Waals surface area contributed by atoms with Crippen molar-refractivity contribution >= 4 is 11.9 Å². The Morgan fingerprint density at radius 3 is 2.53 bits per heavy atom. The average molecular weight is 221 g/mol. The number of ether oxygens (including phenoxy) is 1. The normalized spacial score (nSPS) is 15.3. The molecule has 0 aromatic carbocycles. The first-order chi connectivity index (χ1) is 6.91. The van der Waals surface area contributed by atoms with Crippen LogP contribution in [-0.2, 0) is 14.3 Å². The number of halogens is 3. The van der Waals surface area contributed by atoms with Crippen LogP contribution in [-0.4, -0.2) is 24.7 Å². The predicted molar refractivity (Wildman–Crippen MR) is 42.4 cm³/mol. The highest BCUT2D eigenvalue weighted by atomic mass is 19.4. The van der Waals surface area contributed by atoms with Crippen LogP contribution in [0.2, 0.25) is 0 Å². The zero-order valence-electron chi connectivity index (χ0n) is 7.30. The number of carbonyl (C=O) groups is 2. The number of hydrogen-bond acceptors (Lipinski definition) is 4. The van der Waals surface area contributed by atoms with Gasteiger partial charge in [-0.25, -0.2) is 9.59 Å². The van der Waals surface area contributed by atoms with Crippen molar-refractivity contribution in [3.8, 4) is 0 Å². The minimum Gasteiger partial charge on any atom is -0.387 e. The van der Waals surface area contributed by atoms with E-state index in [1.165, 1.54) is 18.4 Å². The molecule has 0 atom stereocenters. The summed E-state index contributed by atoms with van der Waals surface area (Å²) in [6.07, 6.45) is -1.26. The lowest BCUT2D eigenvalue weighted by atomic mass is 10.2. The molecule has 7 heteroatoms. The quantitative estimate of drug-likeness (QED) is 0.522. The molecule has 1 aliphatic rings. The fourth-order valence-corrected chi connectivity index (χ4v) is 0.806. The van der Waals surface area contributed by atoms with Gasteiger partial charge in [0.05, 0.1) is 5.57 Å². The molecular weight excluding hydrogens is 215 g/mol. The summed E-state index contributed by atoms with van der Waals surface area (Å²) in [5.41, 5.74) is -0.0913. The highest BCUT2D eigenvalue weighted by Gasteiger charge is 2.42. The second kappa shape index (κ2) is 4.16. The number of nitrogens with one attached hydrogen (secondary N) is 1. The lowest BCUT2D eigenvalue weighted by Gasteiger charge is -2.08. The predicted octanol–water partition coefficient (Wildman–Crippen LogP) is 0.662. The van der Waals surface area contributed by atoms with E-state index in [0.29, 0.717) is 6.54 Å². The SMILES string of the molecule is O=C(OC(=O)C(F)(F)F)C1=CCNC=C1. The number of hydrogen-bond donors (Lipinski definition) is 1. The van der Waals surface area contributed by atoms with E-state index in [1.54, 1.807) is 0 Å². The van der Waals surface area contributed by atoms with E-state index in [4.69, 9.17) is 0 Å². The number of esters is 2. The molecule has 0 aromatic heterocycles. The molecule has 0 saturated heterocycles. The van der Waals surface area contributed by atoms with Crippen LogP contribution >= 0.6 is 0 Å². The summed E-state index contributed by atoms with van der Waals surface area (Å²) in [4.78, 5) is 21.2. The van der Waals surface area contributed by atoms with Crippen molar-refractivity contribution in [1.29, 1.82) is 0 Å². The molecule has 1 rings (SSSR count). The molecule has 1 aliphatic heterocycles. The van der Waals surface area contributed by atoms with Gasteiger partial charge in [0.1, 0.15) is 0 Å². The minimum absolute atomic E-state index is 0.0913. The third-order valence-corrected chi connectivity index (χ3v) is 1.47. The fourth-order valence-electron chi connectivity index (χ4n) is 0.806. The third kappa shape index (κ3) is 3.12. The molecule has 4 nitrogen and oxygen atoms in total. The van der Waals surface area contributed by atoms with Crippen molar-refractivity contribution in [2.24, 2.45) is 0 Å². The largest absolute Gasteiger partial charge is 0.491 e. The van der Waals surface area contributed by atoms with Gasteiger partial charge in [0, 0.05) is 6.54 Å². The molecule has 82 valence electrons. The molecular formula is C8H6F3NO3. The van der Waals surface area contributed by atoms with Crippen LogP contribution in [0.25, 0.3) is 0 Å². The van der Waals surface area contributed by atoms with Crippen LogP contribution in [0.5, 0.6) is 0 Å². The van der Waals surface area contributed by atoms with Crippen molar-refractivity contribution in [1.82, 2.24) is 5.32 Å². The first-order valence-electron chi connectivity index (χ1n) is 3.84. The highest BCUT2D eigenvalue weighted by Crippen LogP contribution is 2.17. The standard InChI is InChI=1S/C8H6F3NO3/c9-8(10,11)7(14)15-6(13)5-1-3-12-4-2-5/h1-3,12H,4H2. The molecule has 0 amide bonds. The summed E-state index contributed by atoms with van der Waals surface area (Å²) < 4.78 is 38.7. The van der Waals surface area contributed by atoms with Crippen LogP contribution in [0.1, 0.15) is 0 Å². The van der Waals surface area contributed by atoms with Gasteiger partial charge >= 0.3 is 18.1 Å². The van der Waals surface area contributed by atoms with Gasteiger partial charge in [0.15, 0.2) is 0 Å². The van der Waals surface area contributed by atoms with Gasteiger partial charge in [-0.2, -0.15) is 13.2 Å². The number of rotatable bonds is 1. The van der Waals surface area contributed by atoms with Gasteiger partial charge in [0.25, 0.3) is 0 Å². The van der Waals surface area contributed by atoms with Crippen molar-refractivity contribution < 1.29 is 27.5 Å². The summed E-state index contributed by atoms with van der Waals surface area (Å²) in [7, 11) is 0. The van der Waals surface area contributed by atoms with Crippen LogP contribution < -0.4 is 5.32 Å². The van der Waals surface area contributed by atoms with E-state index in [2.05, 4.69) is 10.1 Å². The molecule has 0 saturated carbocycles. The first kappa shape index (κ1) is 11.3. The Labute approximate surface area is 82.4 Å². The fraction of sp³-hybridized carbons (Fsp3) is 0.250. The van der Waals surface area contributed by atoms with Gasteiger partial charge < -0.3 is 10.1 Å². The van der Waals surface area contributed by atoms with Crippen molar-refractivity contribution in [3.63, 3.8) is 0 Å². The summed E-state index contributed by atoms with van der Waals surface area (Å²) in [5.74, 6) is -3.82. The van der Waals surface area contributed by atoms with E-state index in [0.717, 1.165) is 0 Å². The summed E-state index contributed by atoms with van der Waals surface area (Å²) in [6.45, 7) is 0.293. The van der Waals surface area contributed by atoms with Gasteiger partial charge in [-0.15, -0.1) is 0 Å². The first-order valence-corrected chi connectivity index (χ1v) is 3.84. The van der Waals surface area contributed by atoms with E-state index in [9.17, 15) is 22.8 Å².